The third kappa shape index (κ3) is 4.13. The van der Waals surface area contributed by atoms with Crippen molar-refractivity contribution in [2.24, 2.45) is 0 Å². The number of aryl methyl sites for hydroxylation is 1. The highest BCUT2D eigenvalue weighted by molar-refractivity contribution is 7.09. The van der Waals surface area contributed by atoms with Gasteiger partial charge < -0.3 is 10.1 Å². The number of hydrogen-bond donors (Lipinski definition) is 1. The molecule has 0 spiro atoms. The van der Waals surface area contributed by atoms with Crippen molar-refractivity contribution in [3.05, 3.63) is 46.4 Å². The van der Waals surface area contributed by atoms with Gasteiger partial charge in [-0.25, -0.2) is 4.98 Å². The lowest BCUT2D eigenvalue weighted by atomic mass is 10.1. The van der Waals surface area contributed by atoms with Crippen LogP contribution in [0.4, 0.5) is 0 Å². The zero-order valence-corrected chi connectivity index (χ0v) is 11.4. The average molecular weight is 262 g/mol. The van der Waals surface area contributed by atoms with Crippen molar-refractivity contribution in [1.29, 1.82) is 0 Å². The van der Waals surface area contributed by atoms with Crippen LogP contribution in [0, 0.1) is 0 Å². The van der Waals surface area contributed by atoms with Crippen LogP contribution < -0.4 is 10.1 Å². The number of ether oxygens (including phenoxy) is 1. The fourth-order valence-corrected chi connectivity index (χ4v) is 2.26. The van der Waals surface area contributed by atoms with Crippen LogP contribution >= 0.6 is 11.3 Å². The minimum atomic E-state index is 0.553. The quantitative estimate of drug-likeness (QED) is 0.779. The topological polar surface area (TPSA) is 34.1 Å². The first-order valence-electron chi connectivity index (χ1n) is 6.13. The summed E-state index contributed by atoms with van der Waals surface area (Å²) < 4.78 is 5.73. The zero-order chi connectivity index (χ0) is 12.6. The summed E-state index contributed by atoms with van der Waals surface area (Å²) in [5.74, 6) is 0.923. The molecule has 0 aliphatic carbocycles. The summed E-state index contributed by atoms with van der Waals surface area (Å²) in [4.78, 5) is 4.20. The van der Waals surface area contributed by atoms with E-state index in [1.54, 1.807) is 17.5 Å². The molecule has 2 aromatic rings. The Kier molecular flexibility index (Phi) is 5.17. The first-order chi connectivity index (χ1) is 8.88. The van der Waals surface area contributed by atoms with Gasteiger partial charge in [-0.3, -0.25) is 0 Å². The van der Waals surface area contributed by atoms with Crippen LogP contribution in [-0.2, 0) is 13.0 Å². The van der Waals surface area contributed by atoms with Crippen molar-refractivity contribution >= 4 is 11.3 Å². The largest absolute Gasteiger partial charge is 0.486 e. The van der Waals surface area contributed by atoms with Gasteiger partial charge in [0.25, 0.3) is 0 Å². The second-order valence-corrected chi connectivity index (χ2v) is 5.05. The molecular formula is C14H18N2OS. The van der Waals surface area contributed by atoms with Gasteiger partial charge in [0, 0.05) is 11.6 Å². The van der Waals surface area contributed by atoms with Crippen molar-refractivity contribution in [2.75, 3.05) is 13.6 Å². The highest BCUT2D eigenvalue weighted by Gasteiger charge is 1.99. The van der Waals surface area contributed by atoms with Gasteiger partial charge in [-0.1, -0.05) is 12.1 Å². The maximum Gasteiger partial charge on any atom is 0.140 e. The normalized spacial score (nSPS) is 10.5. The van der Waals surface area contributed by atoms with E-state index in [0.29, 0.717) is 6.61 Å². The maximum absolute atomic E-state index is 5.73. The smallest absolute Gasteiger partial charge is 0.140 e. The van der Waals surface area contributed by atoms with Gasteiger partial charge in [-0.15, -0.1) is 11.3 Å². The average Bonchev–Trinajstić information content (AvgIpc) is 2.90. The summed E-state index contributed by atoms with van der Waals surface area (Å²) in [6, 6.07) is 8.30. The summed E-state index contributed by atoms with van der Waals surface area (Å²) in [6.07, 6.45) is 4.03. The number of nitrogens with one attached hydrogen (secondary N) is 1. The van der Waals surface area contributed by atoms with Gasteiger partial charge in [0.05, 0.1) is 0 Å². The van der Waals surface area contributed by atoms with Crippen molar-refractivity contribution < 1.29 is 4.74 Å². The Bertz CT molecular complexity index is 457. The number of benzene rings is 1. The Hall–Kier alpha value is -1.39. The second-order valence-electron chi connectivity index (χ2n) is 4.07. The lowest BCUT2D eigenvalue weighted by molar-refractivity contribution is 0.305. The standard InChI is InChI=1S/C14H18N2OS/c1-15-7-3-5-12-4-2-6-13(10-12)17-11-14-16-8-9-18-14/h2,4,6,8-10,15H,3,5,7,11H2,1H3. The van der Waals surface area contributed by atoms with E-state index < -0.39 is 0 Å². The molecule has 0 amide bonds. The lowest BCUT2D eigenvalue weighted by Crippen LogP contribution is -2.08. The molecule has 1 aromatic carbocycles. The maximum atomic E-state index is 5.73. The third-order valence-corrected chi connectivity index (χ3v) is 3.39. The summed E-state index contributed by atoms with van der Waals surface area (Å²) in [7, 11) is 1.98. The highest BCUT2D eigenvalue weighted by atomic mass is 32.1. The molecule has 18 heavy (non-hydrogen) atoms. The van der Waals surface area contributed by atoms with Crippen LogP contribution in [-0.4, -0.2) is 18.6 Å². The van der Waals surface area contributed by atoms with E-state index in [9.17, 15) is 0 Å². The minimum Gasteiger partial charge on any atom is -0.486 e. The predicted octanol–water partition coefficient (Wildman–Crippen LogP) is 2.87. The third-order valence-electron chi connectivity index (χ3n) is 2.64. The molecular weight excluding hydrogens is 244 g/mol. The fraction of sp³-hybridized carbons (Fsp3) is 0.357. The van der Waals surface area contributed by atoms with Gasteiger partial charge in [-0.2, -0.15) is 0 Å². The molecule has 4 heteroatoms. The van der Waals surface area contributed by atoms with E-state index in [4.69, 9.17) is 4.74 Å². The molecule has 3 nitrogen and oxygen atoms in total. The molecule has 0 radical (unpaired) electrons. The molecule has 0 atom stereocenters. The van der Waals surface area contributed by atoms with Crippen LogP contribution in [0.25, 0.3) is 0 Å². The Morgan fingerprint density at radius 3 is 3.11 bits per heavy atom. The molecule has 0 fully saturated rings. The van der Waals surface area contributed by atoms with Crippen LogP contribution in [0.3, 0.4) is 0 Å². The molecule has 0 aliphatic rings. The van der Waals surface area contributed by atoms with Crippen LogP contribution in [0.2, 0.25) is 0 Å². The Morgan fingerprint density at radius 2 is 2.33 bits per heavy atom. The van der Waals surface area contributed by atoms with E-state index in [0.717, 1.165) is 30.1 Å². The van der Waals surface area contributed by atoms with E-state index in [2.05, 4.69) is 22.4 Å². The number of rotatable bonds is 7. The predicted molar refractivity (Wildman–Crippen MR) is 75.1 cm³/mol. The van der Waals surface area contributed by atoms with E-state index in [1.807, 2.05) is 24.6 Å². The zero-order valence-electron chi connectivity index (χ0n) is 10.6. The summed E-state index contributed by atoms with van der Waals surface area (Å²) >= 11 is 1.62. The second kappa shape index (κ2) is 7.13. The van der Waals surface area contributed by atoms with Crippen LogP contribution in [0.15, 0.2) is 35.8 Å². The Morgan fingerprint density at radius 1 is 1.39 bits per heavy atom. The fourth-order valence-electron chi connectivity index (χ4n) is 1.73. The Balaban J connectivity index is 1.86. The van der Waals surface area contributed by atoms with Crippen molar-refractivity contribution in [3.63, 3.8) is 0 Å². The minimum absolute atomic E-state index is 0.553. The number of aromatic nitrogens is 1. The Labute approximate surface area is 112 Å². The van der Waals surface area contributed by atoms with Gasteiger partial charge in [0.15, 0.2) is 0 Å². The van der Waals surface area contributed by atoms with Crippen molar-refractivity contribution in [2.45, 2.75) is 19.4 Å². The lowest BCUT2D eigenvalue weighted by Gasteiger charge is -2.06. The van der Waals surface area contributed by atoms with E-state index in [-0.39, 0.29) is 0 Å². The molecule has 0 aliphatic heterocycles. The molecule has 0 unspecified atom stereocenters. The van der Waals surface area contributed by atoms with Crippen molar-refractivity contribution in [3.8, 4) is 5.75 Å². The molecule has 0 bridgehead atoms. The first-order valence-corrected chi connectivity index (χ1v) is 7.01. The van der Waals surface area contributed by atoms with Crippen LogP contribution in [0.1, 0.15) is 17.0 Å². The van der Waals surface area contributed by atoms with Gasteiger partial charge in [0.2, 0.25) is 0 Å². The molecule has 0 saturated carbocycles. The monoisotopic (exact) mass is 262 g/mol. The molecule has 1 aromatic heterocycles. The van der Waals surface area contributed by atoms with Crippen molar-refractivity contribution in [1.82, 2.24) is 10.3 Å². The van der Waals surface area contributed by atoms with Crippen LogP contribution in [0.5, 0.6) is 5.75 Å². The highest BCUT2D eigenvalue weighted by Crippen LogP contribution is 2.16. The number of nitrogens with zero attached hydrogens (tertiary/aromatic N) is 1. The van der Waals surface area contributed by atoms with Gasteiger partial charge in [-0.05, 0) is 44.1 Å². The van der Waals surface area contributed by atoms with E-state index in [1.165, 1.54) is 5.56 Å². The number of hydrogen-bond acceptors (Lipinski definition) is 4. The van der Waals surface area contributed by atoms with Gasteiger partial charge >= 0.3 is 0 Å². The van der Waals surface area contributed by atoms with E-state index >= 15 is 0 Å². The molecule has 0 saturated heterocycles. The molecule has 1 N–H and O–H groups in total. The first kappa shape index (κ1) is 13.1. The molecule has 2 rings (SSSR count). The number of thiazole rings is 1. The molecule has 96 valence electrons. The summed E-state index contributed by atoms with van der Waals surface area (Å²) in [5, 5.41) is 6.13. The summed E-state index contributed by atoms with van der Waals surface area (Å²) in [6.45, 7) is 1.60. The molecule has 1 heterocycles. The SMILES string of the molecule is CNCCCc1cccc(OCc2nccs2)c1. The summed E-state index contributed by atoms with van der Waals surface area (Å²) in [5.41, 5.74) is 1.32. The van der Waals surface area contributed by atoms with Gasteiger partial charge in [0.1, 0.15) is 17.4 Å².